The number of carboxylic acid groups (broad SMARTS) is 1. The number of hydrogen-bond acceptors (Lipinski definition) is 4. The summed E-state index contributed by atoms with van der Waals surface area (Å²) >= 11 is 3.42. The van der Waals surface area contributed by atoms with Crippen LogP contribution in [0, 0.1) is 6.92 Å². The Hall–Kier alpha value is -2.35. The number of benzene rings is 1. The van der Waals surface area contributed by atoms with Gasteiger partial charge in [-0.1, -0.05) is 15.9 Å². The van der Waals surface area contributed by atoms with E-state index in [1.165, 1.54) is 17.1 Å². The van der Waals surface area contributed by atoms with Crippen molar-refractivity contribution in [3.05, 3.63) is 34.6 Å². The van der Waals surface area contributed by atoms with Crippen LogP contribution in [-0.2, 0) is 0 Å². The molecule has 2 N–H and O–H groups in total. The Morgan fingerprint density at radius 1 is 1.50 bits per heavy atom. The van der Waals surface area contributed by atoms with Gasteiger partial charge in [0.05, 0.1) is 23.4 Å². The minimum absolute atomic E-state index is 0.135. The first-order valence-electron chi connectivity index (χ1n) is 5.64. The van der Waals surface area contributed by atoms with Crippen LogP contribution >= 0.6 is 15.9 Å². The van der Waals surface area contributed by atoms with Gasteiger partial charge in [0, 0.05) is 4.47 Å². The van der Waals surface area contributed by atoms with E-state index in [9.17, 15) is 4.79 Å². The van der Waals surface area contributed by atoms with Crippen molar-refractivity contribution >= 4 is 33.1 Å². The average molecular weight is 337 g/mol. The van der Waals surface area contributed by atoms with E-state index in [0.29, 0.717) is 5.95 Å². The number of aryl methyl sites for hydroxylation is 1. The molecule has 20 heavy (non-hydrogen) atoms. The van der Waals surface area contributed by atoms with Crippen LogP contribution in [0.5, 0.6) is 5.75 Å². The van der Waals surface area contributed by atoms with Crippen LogP contribution in [0.2, 0.25) is 0 Å². The third-order valence-corrected chi connectivity index (χ3v) is 3.17. The first-order valence-corrected chi connectivity index (χ1v) is 6.44. The second kappa shape index (κ2) is 4.64. The van der Waals surface area contributed by atoms with Crippen molar-refractivity contribution in [1.82, 2.24) is 19.7 Å². The summed E-state index contributed by atoms with van der Waals surface area (Å²) in [4.78, 5) is 18.0. The van der Waals surface area contributed by atoms with Crippen molar-refractivity contribution in [3.63, 3.8) is 0 Å². The Morgan fingerprint density at radius 3 is 3.05 bits per heavy atom. The second-order valence-electron chi connectivity index (χ2n) is 4.17. The molecule has 0 aliphatic rings. The molecule has 0 aliphatic carbocycles. The Bertz CT molecular complexity index is 808. The minimum Gasteiger partial charge on any atom is -0.449 e. The van der Waals surface area contributed by atoms with Crippen molar-refractivity contribution in [1.29, 1.82) is 0 Å². The van der Waals surface area contributed by atoms with Crippen LogP contribution in [0.25, 0.3) is 17.0 Å². The van der Waals surface area contributed by atoms with Crippen LogP contribution in [0.3, 0.4) is 0 Å². The molecule has 0 amide bonds. The first-order chi connectivity index (χ1) is 9.52. The standard InChI is InChI=1S/C12H9BrN4O3/c1-6-2-7(13)3-9-10(6)16-11(15-9)17-5-8(4-14-17)20-12(18)19/h2-5H,1H3,(H,15,16)(H,18,19). The number of fused-ring (bicyclic) bond motifs is 1. The highest BCUT2D eigenvalue weighted by molar-refractivity contribution is 9.10. The quantitative estimate of drug-likeness (QED) is 0.702. The summed E-state index contributed by atoms with van der Waals surface area (Å²) in [6.07, 6.45) is 1.37. The lowest BCUT2D eigenvalue weighted by molar-refractivity contribution is 0.144. The van der Waals surface area contributed by atoms with E-state index in [1.807, 2.05) is 19.1 Å². The smallest absolute Gasteiger partial charge is 0.449 e. The number of halogens is 1. The van der Waals surface area contributed by atoms with Crippen molar-refractivity contribution in [2.45, 2.75) is 6.92 Å². The first kappa shape index (κ1) is 12.7. The minimum atomic E-state index is -1.38. The molecule has 3 rings (SSSR count). The molecule has 2 aromatic heterocycles. The molecule has 2 heterocycles. The number of nitrogens with one attached hydrogen (secondary N) is 1. The van der Waals surface area contributed by atoms with Gasteiger partial charge in [0.1, 0.15) is 0 Å². The molecular weight excluding hydrogens is 328 g/mol. The van der Waals surface area contributed by atoms with Gasteiger partial charge in [-0.2, -0.15) is 5.10 Å². The van der Waals surface area contributed by atoms with E-state index >= 15 is 0 Å². The number of hydrogen-bond donors (Lipinski definition) is 2. The largest absolute Gasteiger partial charge is 0.511 e. The van der Waals surface area contributed by atoms with Gasteiger partial charge in [-0.3, -0.25) is 0 Å². The molecule has 0 atom stereocenters. The van der Waals surface area contributed by atoms with Gasteiger partial charge in [-0.25, -0.2) is 14.5 Å². The summed E-state index contributed by atoms with van der Waals surface area (Å²) in [7, 11) is 0. The molecule has 3 aromatic rings. The molecule has 0 unspecified atom stereocenters. The number of rotatable bonds is 2. The van der Waals surface area contributed by atoms with E-state index in [0.717, 1.165) is 21.1 Å². The maximum absolute atomic E-state index is 10.4. The zero-order valence-corrected chi connectivity index (χ0v) is 11.9. The zero-order valence-electron chi connectivity index (χ0n) is 10.3. The SMILES string of the molecule is Cc1cc(Br)cc2[nH]c(-n3cc(OC(=O)O)cn3)nc12. The maximum atomic E-state index is 10.4. The highest BCUT2D eigenvalue weighted by atomic mass is 79.9. The van der Waals surface area contributed by atoms with Crippen molar-refractivity contribution < 1.29 is 14.6 Å². The molecule has 0 saturated heterocycles. The zero-order chi connectivity index (χ0) is 14.3. The lowest BCUT2D eigenvalue weighted by Gasteiger charge is -1.94. The predicted octanol–water partition coefficient (Wildman–Crippen LogP) is 2.88. The van der Waals surface area contributed by atoms with Gasteiger partial charge in [-0.15, -0.1) is 0 Å². The van der Waals surface area contributed by atoms with Crippen molar-refractivity contribution in [2.24, 2.45) is 0 Å². The molecule has 102 valence electrons. The van der Waals surface area contributed by atoms with Crippen LogP contribution in [0.15, 0.2) is 29.0 Å². The summed E-state index contributed by atoms with van der Waals surface area (Å²) in [5.41, 5.74) is 2.72. The van der Waals surface area contributed by atoms with Gasteiger partial charge >= 0.3 is 6.16 Å². The monoisotopic (exact) mass is 336 g/mol. The summed E-state index contributed by atoms with van der Waals surface area (Å²) in [5.74, 6) is 0.622. The molecule has 7 nitrogen and oxygen atoms in total. The van der Waals surface area contributed by atoms with Crippen LogP contribution < -0.4 is 4.74 Å². The van der Waals surface area contributed by atoms with Gasteiger partial charge < -0.3 is 14.8 Å². The van der Waals surface area contributed by atoms with E-state index in [-0.39, 0.29) is 5.75 Å². The number of carbonyl (C=O) groups is 1. The number of H-pyrrole nitrogens is 1. The summed E-state index contributed by atoms with van der Waals surface area (Å²) in [6, 6.07) is 3.88. The summed E-state index contributed by atoms with van der Waals surface area (Å²) in [5, 5.41) is 12.5. The molecule has 0 bridgehead atoms. The van der Waals surface area contributed by atoms with Gasteiger partial charge in [0.15, 0.2) is 5.75 Å². The summed E-state index contributed by atoms with van der Waals surface area (Å²) < 4.78 is 6.89. The van der Waals surface area contributed by atoms with Gasteiger partial charge in [0.2, 0.25) is 5.95 Å². The van der Waals surface area contributed by atoms with Crippen LogP contribution in [0.4, 0.5) is 4.79 Å². The Labute approximate surface area is 121 Å². The van der Waals surface area contributed by atoms with E-state index < -0.39 is 6.16 Å². The Kier molecular flexibility index (Phi) is 2.94. The topological polar surface area (TPSA) is 93.0 Å². The predicted molar refractivity (Wildman–Crippen MR) is 74.3 cm³/mol. The molecule has 8 heteroatoms. The normalized spacial score (nSPS) is 10.9. The van der Waals surface area contributed by atoms with E-state index in [1.54, 1.807) is 0 Å². The second-order valence-corrected chi connectivity index (χ2v) is 5.08. The van der Waals surface area contributed by atoms with Crippen LogP contribution in [-0.4, -0.2) is 31.0 Å². The average Bonchev–Trinajstić information content (AvgIpc) is 2.94. The number of imidazole rings is 1. The van der Waals surface area contributed by atoms with Crippen LogP contribution in [0.1, 0.15) is 5.56 Å². The lowest BCUT2D eigenvalue weighted by atomic mass is 10.2. The fourth-order valence-electron chi connectivity index (χ4n) is 1.92. The van der Waals surface area contributed by atoms with E-state index in [2.05, 4.69) is 35.7 Å². The maximum Gasteiger partial charge on any atom is 0.511 e. The molecule has 1 aromatic carbocycles. The highest BCUT2D eigenvalue weighted by Gasteiger charge is 2.11. The Balaban J connectivity index is 2.04. The van der Waals surface area contributed by atoms with E-state index in [4.69, 9.17) is 5.11 Å². The number of nitrogens with zero attached hydrogens (tertiary/aromatic N) is 3. The van der Waals surface area contributed by atoms with Gasteiger partial charge in [-0.05, 0) is 24.6 Å². The van der Waals surface area contributed by atoms with Crippen molar-refractivity contribution in [3.8, 4) is 11.7 Å². The summed E-state index contributed by atoms with van der Waals surface area (Å²) in [6.45, 7) is 1.96. The third kappa shape index (κ3) is 2.25. The van der Waals surface area contributed by atoms with Crippen molar-refractivity contribution in [2.75, 3.05) is 0 Å². The third-order valence-electron chi connectivity index (χ3n) is 2.71. The molecular formula is C12H9BrN4O3. The number of aromatic amines is 1. The molecule has 0 fully saturated rings. The fourth-order valence-corrected chi connectivity index (χ4v) is 2.49. The number of aromatic nitrogens is 4. The molecule has 0 aliphatic heterocycles. The van der Waals surface area contributed by atoms with Gasteiger partial charge in [0.25, 0.3) is 0 Å². The number of ether oxygens (including phenoxy) is 1. The molecule has 0 spiro atoms. The molecule has 0 saturated carbocycles. The molecule has 0 radical (unpaired) electrons. The highest BCUT2D eigenvalue weighted by Crippen LogP contribution is 2.23. The lowest BCUT2D eigenvalue weighted by Crippen LogP contribution is -2.02. The Morgan fingerprint density at radius 2 is 2.30 bits per heavy atom. The fraction of sp³-hybridized carbons (Fsp3) is 0.0833.